The molecule has 0 bridgehead atoms. The third kappa shape index (κ3) is 5.24. The summed E-state index contributed by atoms with van der Waals surface area (Å²) in [5.41, 5.74) is 1.12. The van der Waals surface area contributed by atoms with E-state index < -0.39 is 11.1 Å². The monoisotopic (exact) mass is 396 g/mol. The number of hydrogen-bond acceptors (Lipinski definition) is 3. The molecule has 0 saturated carbocycles. The summed E-state index contributed by atoms with van der Waals surface area (Å²) in [5, 5.41) is 0.427. The first-order valence-corrected chi connectivity index (χ1v) is 9.40. The lowest BCUT2D eigenvalue weighted by Gasteiger charge is -2.08. The van der Waals surface area contributed by atoms with E-state index in [0.717, 1.165) is 19.3 Å². The van der Waals surface area contributed by atoms with Crippen LogP contribution < -0.4 is 26.6 Å². The van der Waals surface area contributed by atoms with E-state index >= 15 is 0 Å². The number of aromatic amines is 2. The second-order valence-electron chi connectivity index (χ2n) is 6.43. The Morgan fingerprint density at radius 1 is 1.00 bits per heavy atom. The van der Waals surface area contributed by atoms with Crippen LogP contribution >= 0.6 is 11.6 Å². The molecule has 6 heteroatoms. The van der Waals surface area contributed by atoms with Gasteiger partial charge in [-0.25, -0.2) is 0 Å². The number of halogens is 1. The van der Waals surface area contributed by atoms with Crippen molar-refractivity contribution >= 4 is 24.3 Å². The molecule has 0 aliphatic rings. The van der Waals surface area contributed by atoms with E-state index in [1.165, 1.54) is 11.6 Å². The third-order valence-electron chi connectivity index (χ3n) is 4.25. The summed E-state index contributed by atoms with van der Waals surface area (Å²) in [5.74, 6) is 0.578. The van der Waals surface area contributed by atoms with E-state index in [0.29, 0.717) is 22.9 Å². The number of benzene rings is 2. The lowest BCUT2D eigenvalue weighted by molar-refractivity contribution is 0.307. The summed E-state index contributed by atoms with van der Waals surface area (Å²) >= 11 is 6.28. The zero-order valence-corrected chi connectivity index (χ0v) is 16.1. The molecule has 5 nitrogen and oxygen atoms in total. The van der Waals surface area contributed by atoms with Crippen molar-refractivity contribution in [3.63, 3.8) is 0 Å². The van der Waals surface area contributed by atoms with Crippen molar-refractivity contribution in [2.75, 3.05) is 6.61 Å². The van der Waals surface area contributed by atoms with Crippen LogP contribution in [0.5, 0.6) is 5.75 Å². The predicted octanol–water partition coefficient (Wildman–Crippen LogP) is 2.36. The van der Waals surface area contributed by atoms with Gasteiger partial charge in [0.05, 0.1) is 11.6 Å². The molecule has 2 aromatic carbocycles. The first-order valence-electron chi connectivity index (χ1n) is 9.02. The highest BCUT2D eigenvalue weighted by molar-refractivity contribution is 6.32. The molecular formula is C22H21ClN2O3. The number of nitrogens with one attached hydrogen (secondary N) is 2. The van der Waals surface area contributed by atoms with Crippen molar-refractivity contribution in [2.45, 2.75) is 19.3 Å². The van der Waals surface area contributed by atoms with Crippen LogP contribution in [0, 0.1) is 0 Å². The largest absolute Gasteiger partial charge is 0.492 e. The highest BCUT2D eigenvalue weighted by Gasteiger charge is 2.04. The average molecular weight is 397 g/mol. The third-order valence-corrected chi connectivity index (χ3v) is 4.54. The van der Waals surface area contributed by atoms with Gasteiger partial charge in [0.15, 0.2) is 0 Å². The summed E-state index contributed by atoms with van der Waals surface area (Å²) in [4.78, 5) is 28.8. The number of aromatic nitrogens is 2. The van der Waals surface area contributed by atoms with Crippen LogP contribution in [0.4, 0.5) is 0 Å². The SMILES string of the molecule is C=c1[nH]c(=O)c(=Cc2ccc(OCCCCc3ccccc3)c(Cl)c2)c(=O)[nH]1. The van der Waals surface area contributed by atoms with Crippen molar-refractivity contribution in [1.29, 1.82) is 0 Å². The fourth-order valence-electron chi connectivity index (χ4n) is 2.82. The molecule has 0 saturated heterocycles. The normalized spacial score (nSPS) is 10.6. The van der Waals surface area contributed by atoms with E-state index in [1.807, 2.05) is 18.2 Å². The van der Waals surface area contributed by atoms with Crippen LogP contribution in [-0.2, 0) is 6.42 Å². The number of rotatable bonds is 7. The second kappa shape index (κ2) is 9.24. The standard InChI is InChI=1S/C22H21ClN2O3/c1-15-24-21(26)18(22(27)25-15)13-17-10-11-20(19(23)14-17)28-12-6-5-9-16-7-3-2-4-8-16/h2-4,7-8,10-11,13-14H,1,5-6,9,12H2,(H,24,26)(H,25,27). The van der Waals surface area contributed by atoms with Gasteiger partial charge in [0.25, 0.3) is 11.1 Å². The Bertz CT molecular complexity index is 1130. The van der Waals surface area contributed by atoms with E-state index in [1.54, 1.807) is 18.2 Å². The molecule has 0 atom stereocenters. The quantitative estimate of drug-likeness (QED) is 0.602. The van der Waals surface area contributed by atoms with Crippen molar-refractivity contribution in [3.05, 3.63) is 96.1 Å². The van der Waals surface area contributed by atoms with Crippen LogP contribution in [0.2, 0.25) is 5.02 Å². The molecule has 0 fully saturated rings. The van der Waals surface area contributed by atoms with Crippen LogP contribution in [0.25, 0.3) is 12.7 Å². The van der Waals surface area contributed by atoms with Crippen LogP contribution in [0.15, 0.2) is 58.1 Å². The summed E-state index contributed by atoms with van der Waals surface area (Å²) in [7, 11) is 0. The molecule has 0 radical (unpaired) electrons. The van der Waals surface area contributed by atoms with Crippen LogP contribution in [0.1, 0.15) is 24.0 Å². The minimum atomic E-state index is -0.497. The molecule has 0 aliphatic heterocycles. The molecule has 0 spiro atoms. The van der Waals surface area contributed by atoms with Gasteiger partial charge in [0.2, 0.25) is 0 Å². The van der Waals surface area contributed by atoms with Crippen molar-refractivity contribution in [3.8, 4) is 5.75 Å². The summed E-state index contributed by atoms with van der Waals surface area (Å²) in [6, 6.07) is 15.5. The number of unbranched alkanes of at least 4 members (excludes halogenated alkanes) is 1. The number of H-pyrrole nitrogens is 2. The number of hydrogen-bond donors (Lipinski definition) is 2. The molecule has 3 aromatic rings. The van der Waals surface area contributed by atoms with E-state index in [9.17, 15) is 9.59 Å². The molecule has 3 rings (SSSR count). The minimum Gasteiger partial charge on any atom is -0.492 e. The minimum absolute atomic E-state index is 0.00181. The number of aryl methyl sites for hydroxylation is 1. The van der Waals surface area contributed by atoms with Crippen LogP contribution in [0.3, 0.4) is 0 Å². The molecule has 28 heavy (non-hydrogen) atoms. The highest BCUT2D eigenvalue weighted by atomic mass is 35.5. The van der Waals surface area contributed by atoms with Crippen molar-refractivity contribution in [2.24, 2.45) is 0 Å². The molecule has 1 aromatic heterocycles. The maximum atomic E-state index is 11.9. The van der Waals surface area contributed by atoms with Gasteiger partial charge in [0, 0.05) is 0 Å². The van der Waals surface area contributed by atoms with Gasteiger partial charge in [-0.2, -0.15) is 0 Å². The molecule has 0 unspecified atom stereocenters. The van der Waals surface area contributed by atoms with Gasteiger partial charge in [-0.1, -0.05) is 54.6 Å². The first kappa shape index (κ1) is 19.7. The Labute approximate surface area is 167 Å². The van der Waals surface area contributed by atoms with Crippen molar-refractivity contribution < 1.29 is 4.74 Å². The van der Waals surface area contributed by atoms with Gasteiger partial charge < -0.3 is 14.7 Å². The molecule has 0 amide bonds. The lowest BCUT2D eigenvalue weighted by Crippen LogP contribution is -2.47. The fourth-order valence-corrected chi connectivity index (χ4v) is 3.07. The molecule has 2 N–H and O–H groups in total. The Hall–Kier alpha value is -3.05. The molecule has 1 heterocycles. The van der Waals surface area contributed by atoms with Crippen molar-refractivity contribution in [1.82, 2.24) is 9.97 Å². The van der Waals surface area contributed by atoms with Gasteiger partial charge in [-0.05, 0) is 48.6 Å². The molecular weight excluding hydrogens is 376 g/mol. The Kier molecular flexibility index (Phi) is 6.50. The first-order chi connectivity index (χ1) is 13.5. The van der Waals surface area contributed by atoms with Gasteiger partial charge in [-0.3, -0.25) is 9.59 Å². The summed E-state index contributed by atoms with van der Waals surface area (Å²) < 4.78 is 5.75. The topological polar surface area (TPSA) is 75.0 Å². The van der Waals surface area contributed by atoms with E-state index in [4.69, 9.17) is 16.3 Å². The second-order valence-corrected chi connectivity index (χ2v) is 6.83. The zero-order chi connectivity index (χ0) is 19.9. The van der Waals surface area contributed by atoms with E-state index in [2.05, 4.69) is 28.7 Å². The fraction of sp³-hybridized carbons (Fsp3) is 0.182. The van der Waals surface area contributed by atoms with E-state index in [-0.39, 0.29) is 10.7 Å². The zero-order valence-electron chi connectivity index (χ0n) is 15.3. The summed E-state index contributed by atoms with van der Waals surface area (Å²) in [6.07, 6.45) is 4.44. The van der Waals surface area contributed by atoms with Gasteiger partial charge in [0.1, 0.15) is 16.4 Å². The van der Waals surface area contributed by atoms with Crippen LogP contribution in [-0.4, -0.2) is 16.6 Å². The predicted molar refractivity (Wildman–Crippen MR) is 112 cm³/mol. The molecule has 144 valence electrons. The van der Waals surface area contributed by atoms with Gasteiger partial charge >= 0.3 is 0 Å². The maximum Gasteiger partial charge on any atom is 0.262 e. The summed E-state index contributed by atoms with van der Waals surface area (Å²) in [6.45, 7) is 4.08. The Morgan fingerprint density at radius 2 is 1.71 bits per heavy atom. The Morgan fingerprint density at radius 3 is 2.39 bits per heavy atom. The smallest absolute Gasteiger partial charge is 0.262 e. The maximum absolute atomic E-state index is 11.9. The molecule has 0 aliphatic carbocycles. The average Bonchev–Trinajstić information content (AvgIpc) is 2.66. The highest BCUT2D eigenvalue weighted by Crippen LogP contribution is 2.26. The number of ether oxygens (including phenoxy) is 1. The Balaban J connectivity index is 1.62. The van der Waals surface area contributed by atoms with Gasteiger partial charge in [-0.15, -0.1) is 0 Å². The lowest BCUT2D eigenvalue weighted by atomic mass is 10.1.